The minimum Gasteiger partial charge on any atom is -0.449 e. The molecule has 3 unspecified atom stereocenters. The normalized spacial score (nSPS) is 24.0. The summed E-state index contributed by atoms with van der Waals surface area (Å²) in [5, 5.41) is 7.58. The van der Waals surface area contributed by atoms with Crippen molar-refractivity contribution in [3.63, 3.8) is 0 Å². The highest BCUT2D eigenvalue weighted by Crippen LogP contribution is 2.53. The Bertz CT molecular complexity index is 2300. The molecule has 6 aliphatic rings. The number of nitrogens with zero attached hydrogens (tertiary/aromatic N) is 3. The van der Waals surface area contributed by atoms with Gasteiger partial charge in [0.1, 0.15) is 17.7 Å². The van der Waals surface area contributed by atoms with Crippen molar-refractivity contribution in [2.45, 2.75) is 23.0 Å². The largest absolute Gasteiger partial charge is 0.449 e. The average Bonchev–Trinajstić information content (AvgIpc) is 3.62. The van der Waals surface area contributed by atoms with Crippen LogP contribution >= 0.6 is 23.5 Å². The van der Waals surface area contributed by atoms with Gasteiger partial charge in [-0.25, -0.2) is 0 Å². The molecule has 3 aliphatic heterocycles. The molecule has 0 spiro atoms. The molecule has 212 valence electrons. The molecule has 0 fully saturated rings. The molecule has 0 saturated carbocycles. The fourth-order valence-corrected chi connectivity index (χ4v) is 8.93. The number of para-hydroxylation sites is 2. The van der Waals surface area contributed by atoms with Gasteiger partial charge in [-0.2, -0.15) is 9.58 Å². The maximum absolute atomic E-state index is 6.88. The van der Waals surface area contributed by atoms with E-state index in [2.05, 4.69) is 142 Å². The van der Waals surface area contributed by atoms with Gasteiger partial charge in [0.15, 0.2) is 0 Å². The topological polar surface area (TPSA) is 22.6 Å². The van der Waals surface area contributed by atoms with E-state index in [9.17, 15) is 0 Å². The molecule has 1 aromatic heterocycles. The Hall–Kier alpha value is -4.23. The fraction of sp³-hybridized carbons (Fsp3) is 0.132. The molecule has 0 radical (unpaired) electrons. The highest BCUT2D eigenvalue weighted by atomic mass is 32.2. The number of anilines is 1. The lowest BCUT2D eigenvalue weighted by Gasteiger charge is -2.52. The van der Waals surface area contributed by atoms with E-state index in [4.69, 9.17) is 4.42 Å². The van der Waals surface area contributed by atoms with Crippen LogP contribution in [0, 0.1) is 0 Å². The van der Waals surface area contributed by atoms with E-state index in [1.54, 1.807) is 23.5 Å². The van der Waals surface area contributed by atoms with Crippen LogP contribution in [0.1, 0.15) is 5.56 Å². The summed E-state index contributed by atoms with van der Waals surface area (Å²) >= 11 is 3.58. The quantitative estimate of drug-likeness (QED) is 0.189. The van der Waals surface area contributed by atoms with Crippen LogP contribution in [0.4, 0.5) is 11.4 Å². The molecule has 4 aromatic rings. The number of hydrazine groups is 1. The molecule has 10 rings (SSSR count). The molecule has 4 nitrogen and oxygen atoms in total. The summed E-state index contributed by atoms with van der Waals surface area (Å²) in [7, 11) is 0. The van der Waals surface area contributed by atoms with Crippen molar-refractivity contribution in [1.29, 1.82) is 0 Å². The van der Waals surface area contributed by atoms with E-state index in [0.29, 0.717) is 0 Å². The van der Waals surface area contributed by atoms with Gasteiger partial charge >= 0.3 is 0 Å². The lowest BCUT2D eigenvalue weighted by molar-refractivity contribution is -0.354. The number of furan rings is 1. The van der Waals surface area contributed by atoms with E-state index in [1.807, 2.05) is 0 Å². The second-order valence-electron chi connectivity index (χ2n) is 11.8. The van der Waals surface area contributed by atoms with Crippen molar-refractivity contribution < 1.29 is 8.99 Å². The van der Waals surface area contributed by atoms with Gasteiger partial charge in [-0.05, 0) is 53.5 Å². The summed E-state index contributed by atoms with van der Waals surface area (Å²) in [4.78, 5) is 2.50. The van der Waals surface area contributed by atoms with E-state index in [0.717, 1.165) is 16.4 Å². The van der Waals surface area contributed by atoms with Gasteiger partial charge in [0.25, 0.3) is 5.70 Å². The highest BCUT2D eigenvalue weighted by molar-refractivity contribution is 8.02. The summed E-state index contributed by atoms with van der Waals surface area (Å²) in [6.45, 7) is 0. The summed E-state index contributed by atoms with van der Waals surface area (Å²) in [6, 6.07) is 26.5. The van der Waals surface area contributed by atoms with Crippen molar-refractivity contribution in [2.75, 3.05) is 17.5 Å². The number of fused-ring (bicyclic) bond motifs is 9. The summed E-state index contributed by atoms with van der Waals surface area (Å²) < 4.78 is 9.40. The molecule has 0 amide bonds. The standard InChI is InChI=1S/C38H28N3OS2/c1-43-23-10-7-9-22(19-23)39-33-20-24(44-2)17-18-32(33)41-36-29(21-30-26-12-4-6-16-34(26)42-38(30)37(36)39)28-14-8-13-27-25-11-3-5-15-31(25)40(41)35(27)28/h3-21,32,35-36H,1-2H3/q+1. The third-order valence-electron chi connectivity index (χ3n) is 9.78. The van der Waals surface area contributed by atoms with Crippen LogP contribution in [-0.2, 0) is 0 Å². The highest BCUT2D eigenvalue weighted by Gasteiger charge is 2.58. The van der Waals surface area contributed by atoms with Gasteiger partial charge < -0.3 is 4.42 Å². The average molecular weight is 607 g/mol. The molecular formula is C38H28N3OS2+. The van der Waals surface area contributed by atoms with E-state index >= 15 is 0 Å². The smallest absolute Gasteiger partial charge is 0.254 e. The van der Waals surface area contributed by atoms with E-state index in [1.165, 1.54) is 60.1 Å². The van der Waals surface area contributed by atoms with Gasteiger partial charge in [0.05, 0.1) is 11.7 Å². The Morgan fingerprint density at radius 3 is 2.64 bits per heavy atom. The number of allylic oxidation sites excluding steroid dienone is 3. The second kappa shape index (κ2) is 9.14. The van der Waals surface area contributed by atoms with Crippen LogP contribution in [0.15, 0.2) is 135 Å². The zero-order chi connectivity index (χ0) is 29.1. The molecule has 0 saturated heterocycles. The Labute approximate surface area is 264 Å². The van der Waals surface area contributed by atoms with E-state index < -0.39 is 0 Å². The molecular weight excluding hydrogens is 579 g/mol. The summed E-state index contributed by atoms with van der Waals surface area (Å²) in [6.07, 6.45) is 20.8. The lowest BCUT2D eigenvalue weighted by Crippen LogP contribution is -2.68. The minimum atomic E-state index is -0.0370. The molecule has 0 bridgehead atoms. The van der Waals surface area contributed by atoms with Crippen molar-refractivity contribution >= 4 is 68.9 Å². The van der Waals surface area contributed by atoms with Crippen LogP contribution < -0.4 is 15.6 Å². The molecule has 3 aliphatic carbocycles. The molecule has 4 heterocycles. The third-order valence-corrected chi connectivity index (χ3v) is 11.2. The van der Waals surface area contributed by atoms with Gasteiger partial charge in [0, 0.05) is 44.2 Å². The van der Waals surface area contributed by atoms with Crippen molar-refractivity contribution in [2.24, 2.45) is 0 Å². The molecule has 3 atom stereocenters. The fourth-order valence-electron chi connectivity index (χ4n) is 8.02. The first-order valence-electron chi connectivity index (χ1n) is 15.0. The number of thioether (sulfide) groups is 2. The zero-order valence-corrected chi connectivity index (χ0v) is 25.9. The Kier molecular flexibility index (Phi) is 5.22. The molecule has 44 heavy (non-hydrogen) atoms. The number of benzene rings is 3. The number of hydrogen-bond donors (Lipinski definition) is 0. The third kappa shape index (κ3) is 3.18. The molecule has 0 N–H and O–H groups in total. The van der Waals surface area contributed by atoms with Crippen molar-refractivity contribution in [3.05, 3.63) is 142 Å². The maximum atomic E-state index is 6.88. The first-order valence-corrected chi connectivity index (χ1v) is 17.5. The SMILES string of the molecule is CSC1=CC2=[N+](c3cccc(SC)c3)C3=c4oc5ccccc5c4=CC4=C5C=CC=C6c7ccccc7N(C65)N(C2C=C1)C43. The maximum Gasteiger partial charge on any atom is 0.254 e. The summed E-state index contributed by atoms with van der Waals surface area (Å²) in [5.41, 5.74) is 12.2. The Morgan fingerprint density at radius 1 is 0.841 bits per heavy atom. The van der Waals surface area contributed by atoms with Gasteiger partial charge in [-0.3, -0.25) is 5.01 Å². The predicted octanol–water partition coefficient (Wildman–Crippen LogP) is 6.78. The second-order valence-corrected chi connectivity index (χ2v) is 13.6. The molecule has 6 heteroatoms. The predicted molar refractivity (Wildman–Crippen MR) is 183 cm³/mol. The monoisotopic (exact) mass is 606 g/mol. The summed E-state index contributed by atoms with van der Waals surface area (Å²) in [5.74, 6) is 0. The van der Waals surface area contributed by atoms with Gasteiger partial charge in [0.2, 0.25) is 16.8 Å². The first kappa shape index (κ1) is 25.1. The van der Waals surface area contributed by atoms with Crippen molar-refractivity contribution in [3.8, 4) is 0 Å². The van der Waals surface area contributed by atoms with Crippen LogP contribution in [0.3, 0.4) is 0 Å². The van der Waals surface area contributed by atoms with Crippen LogP contribution in [0.2, 0.25) is 0 Å². The Morgan fingerprint density at radius 2 is 1.73 bits per heavy atom. The van der Waals surface area contributed by atoms with Crippen LogP contribution in [-0.4, -0.2) is 45.9 Å². The number of hydrogen-bond acceptors (Lipinski definition) is 5. The van der Waals surface area contributed by atoms with Crippen LogP contribution in [0.25, 0.3) is 28.3 Å². The Balaban J connectivity index is 1.40. The van der Waals surface area contributed by atoms with Gasteiger partial charge in [-0.15, -0.1) is 23.5 Å². The van der Waals surface area contributed by atoms with E-state index in [-0.39, 0.29) is 18.1 Å². The zero-order valence-electron chi connectivity index (χ0n) is 24.3. The lowest BCUT2D eigenvalue weighted by atomic mass is 9.80. The number of rotatable bonds is 3. The van der Waals surface area contributed by atoms with Crippen molar-refractivity contribution in [1.82, 2.24) is 5.01 Å². The first-order chi connectivity index (χ1) is 21.7. The minimum absolute atomic E-state index is 0.0341. The molecule has 3 aromatic carbocycles. The van der Waals surface area contributed by atoms with Crippen LogP contribution in [0.5, 0.6) is 0 Å². The van der Waals surface area contributed by atoms with Gasteiger partial charge in [-0.1, -0.05) is 72.8 Å².